The van der Waals surface area contributed by atoms with Gasteiger partial charge in [0.1, 0.15) is 24.7 Å². The molecule has 3 rings (SSSR count). The Hall–Kier alpha value is -4.60. The molecule has 0 aliphatic heterocycles. The lowest BCUT2D eigenvalue weighted by atomic mass is 10.1. The smallest absolute Gasteiger partial charge is 0.426 e. The zero-order chi connectivity index (χ0) is 33.8. The van der Waals surface area contributed by atoms with Gasteiger partial charge < -0.3 is 18.9 Å². The van der Waals surface area contributed by atoms with Gasteiger partial charge in [0.2, 0.25) is 0 Å². The molecule has 10 heteroatoms. The standard InChI is InChI=1S/C28H22F4O6.3C2H6/c1-3-25(33)35-17-19-5-9-21(10-6-19)27(29,30)37-23-13-15-24(16-14-23)38-28(31,32)22-11-7-20(8-12-22)18-36-26(34)4-2;3*1-2/h3-16H,1-2,17-18H2;3*1-2H3. The molecule has 0 bridgehead atoms. The third-order valence-corrected chi connectivity index (χ3v) is 4.99. The van der Waals surface area contributed by atoms with Crippen LogP contribution in [0.1, 0.15) is 63.8 Å². The monoisotopic (exact) mass is 620 g/mol. The molecule has 240 valence electrons. The van der Waals surface area contributed by atoms with Gasteiger partial charge in [0, 0.05) is 12.2 Å². The third-order valence-electron chi connectivity index (χ3n) is 4.99. The van der Waals surface area contributed by atoms with Crippen LogP contribution in [0, 0.1) is 0 Å². The van der Waals surface area contributed by atoms with E-state index in [0.29, 0.717) is 11.1 Å². The van der Waals surface area contributed by atoms with Crippen LogP contribution in [-0.2, 0) is 44.5 Å². The number of hydrogen-bond donors (Lipinski definition) is 0. The predicted octanol–water partition coefficient (Wildman–Crippen LogP) is 9.48. The first-order valence-electron chi connectivity index (χ1n) is 14.0. The molecule has 0 amide bonds. The highest BCUT2D eigenvalue weighted by Crippen LogP contribution is 2.35. The highest BCUT2D eigenvalue weighted by atomic mass is 19.3. The fourth-order valence-corrected chi connectivity index (χ4v) is 3.01. The number of benzene rings is 3. The number of rotatable bonds is 12. The molecule has 0 N–H and O–H groups in total. The minimum absolute atomic E-state index is 0.112. The van der Waals surface area contributed by atoms with Gasteiger partial charge in [0.25, 0.3) is 0 Å². The van der Waals surface area contributed by atoms with E-state index >= 15 is 0 Å². The highest BCUT2D eigenvalue weighted by Gasteiger charge is 2.36. The zero-order valence-corrected chi connectivity index (χ0v) is 25.9. The van der Waals surface area contributed by atoms with E-state index in [1.54, 1.807) is 0 Å². The third kappa shape index (κ3) is 13.1. The minimum Gasteiger partial charge on any atom is -0.458 e. The van der Waals surface area contributed by atoms with Crippen LogP contribution in [-0.4, -0.2) is 11.9 Å². The van der Waals surface area contributed by atoms with E-state index in [4.69, 9.17) is 18.9 Å². The molecule has 0 aromatic heterocycles. The van der Waals surface area contributed by atoms with Crippen LogP contribution >= 0.6 is 0 Å². The van der Waals surface area contributed by atoms with Gasteiger partial charge in [-0.2, -0.15) is 17.6 Å². The molecule has 0 aliphatic carbocycles. The highest BCUT2D eigenvalue weighted by molar-refractivity contribution is 5.81. The van der Waals surface area contributed by atoms with Crippen molar-refractivity contribution < 1.29 is 46.1 Å². The van der Waals surface area contributed by atoms with Crippen molar-refractivity contribution in [3.05, 3.63) is 120 Å². The summed E-state index contributed by atoms with van der Waals surface area (Å²) < 4.78 is 77.5. The Bertz CT molecular complexity index is 1170. The summed E-state index contributed by atoms with van der Waals surface area (Å²) in [5, 5.41) is 0. The molecule has 0 unspecified atom stereocenters. The van der Waals surface area contributed by atoms with Gasteiger partial charge >= 0.3 is 24.2 Å². The molecule has 0 saturated carbocycles. The molecule has 0 heterocycles. The molecule has 3 aromatic rings. The molecule has 0 aliphatic rings. The topological polar surface area (TPSA) is 71.1 Å². The summed E-state index contributed by atoms with van der Waals surface area (Å²) in [6.45, 7) is 18.3. The Balaban J connectivity index is 0.00000290. The van der Waals surface area contributed by atoms with Crippen LogP contribution in [0.2, 0.25) is 0 Å². The number of ether oxygens (including phenoxy) is 4. The van der Waals surface area contributed by atoms with Gasteiger partial charge in [0.05, 0.1) is 11.1 Å². The molecule has 0 atom stereocenters. The normalized spacial score (nSPS) is 10.1. The summed E-state index contributed by atoms with van der Waals surface area (Å²) in [4.78, 5) is 22.2. The number of esters is 2. The van der Waals surface area contributed by atoms with Crippen molar-refractivity contribution in [2.24, 2.45) is 0 Å². The minimum atomic E-state index is -3.73. The molecule has 0 spiro atoms. The van der Waals surface area contributed by atoms with E-state index in [1.165, 1.54) is 24.3 Å². The van der Waals surface area contributed by atoms with E-state index in [9.17, 15) is 27.2 Å². The van der Waals surface area contributed by atoms with Gasteiger partial charge in [-0.05, 0) is 59.7 Å². The van der Waals surface area contributed by atoms with Crippen LogP contribution in [0.15, 0.2) is 98.1 Å². The molecular formula is C34H40F4O6. The Labute approximate surface area is 256 Å². The number of hydrogen-bond acceptors (Lipinski definition) is 6. The van der Waals surface area contributed by atoms with Gasteiger partial charge in [-0.15, -0.1) is 0 Å². The lowest BCUT2D eigenvalue weighted by Gasteiger charge is -2.20. The maximum atomic E-state index is 14.6. The van der Waals surface area contributed by atoms with Crippen molar-refractivity contribution in [3.63, 3.8) is 0 Å². The van der Waals surface area contributed by atoms with E-state index in [1.807, 2.05) is 41.5 Å². The van der Waals surface area contributed by atoms with Gasteiger partial charge in [-0.25, -0.2) is 9.59 Å². The van der Waals surface area contributed by atoms with E-state index in [0.717, 1.165) is 60.7 Å². The van der Waals surface area contributed by atoms with E-state index in [2.05, 4.69) is 13.2 Å². The van der Waals surface area contributed by atoms with Crippen LogP contribution in [0.3, 0.4) is 0 Å². The Morgan fingerprint density at radius 3 is 1.09 bits per heavy atom. The lowest BCUT2D eigenvalue weighted by Crippen LogP contribution is -2.22. The summed E-state index contributed by atoms with van der Waals surface area (Å²) >= 11 is 0. The molecule has 0 saturated heterocycles. The Kier molecular flexibility index (Phi) is 18.2. The summed E-state index contributed by atoms with van der Waals surface area (Å²) in [5.41, 5.74) is 0.0256. The van der Waals surface area contributed by atoms with Gasteiger partial charge in [-0.1, -0.05) is 79.0 Å². The van der Waals surface area contributed by atoms with E-state index in [-0.39, 0.29) is 24.7 Å². The fourth-order valence-electron chi connectivity index (χ4n) is 3.01. The molecule has 0 fully saturated rings. The van der Waals surface area contributed by atoms with Crippen molar-refractivity contribution in [3.8, 4) is 11.5 Å². The second-order valence-corrected chi connectivity index (χ2v) is 7.73. The molecule has 3 aromatic carbocycles. The first kappa shape index (κ1) is 39.4. The predicted molar refractivity (Wildman–Crippen MR) is 162 cm³/mol. The number of carbonyl (C=O) groups excluding carboxylic acids is 2. The first-order chi connectivity index (χ1) is 21.0. The van der Waals surface area contributed by atoms with Gasteiger partial charge in [-0.3, -0.25) is 0 Å². The second-order valence-electron chi connectivity index (χ2n) is 7.73. The van der Waals surface area contributed by atoms with Crippen LogP contribution in [0.4, 0.5) is 17.6 Å². The van der Waals surface area contributed by atoms with E-state index < -0.39 is 35.3 Å². The lowest BCUT2D eigenvalue weighted by molar-refractivity contribution is -0.188. The summed E-state index contributed by atoms with van der Waals surface area (Å²) in [6, 6.07) is 14.1. The molecule has 6 nitrogen and oxygen atoms in total. The fraction of sp³-hybridized carbons (Fsp3) is 0.294. The summed E-state index contributed by atoms with van der Waals surface area (Å²) in [6.07, 6.45) is -5.49. The van der Waals surface area contributed by atoms with Crippen LogP contribution in [0.5, 0.6) is 11.5 Å². The van der Waals surface area contributed by atoms with Crippen molar-refractivity contribution in [2.45, 2.75) is 67.0 Å². The van der Waals surface area contributed by atoms with Gasteiger partial charge in [0.15, 0.2) is 0 Å². The summed E-state index contributed by atoms with van der Waals surface area (Å²) in [7, 11) is 0. The average Bonchev–Trinajstić information content (AvgIpc) is 3.06. The SMILES string of the molecule is C=CC(=O)OCc1ccc(C(F)(F)Oc2ccc(OC(F)(F)c3ccc(COC(=O)C=C)cc3)cc2)cc1.CC.CC.CC. The second kappa shape index (κ2) is 20.3. The number of alkyl halides is 4. The quantitative estimate of drug-likeness (QED) is 0.114. The Morgan fingerprint density at radius 2 is 0.841 bits per heavy atom. The number of halogens is 4. The van der Waals surface area contributed by atoms with Crippen molar-refractivity contribution in [1.82, 2.24) is 0 Å². The first-order valence-corrected chi connectivity index (χ1v) is 14.0. The van der Waals surface area contributed by atoms with Crippen LogP contribution < -0.4 is 9.47 Å². The maximum absolute atomic E-state index is 14.6. The Morgan fingerprint density at radius 1 is 0.568 bits per heavy atom. The molecule has 44 heavy (non-hydrogen) atoms. The van der Waals surface area contributed by atoms with Crippen molar-refractivity contribution in [1.29, 1.82) is 0 Å². The van der Waals surface area contributed by atoms with Crippen LogP contribution in [0.25, 0.3) is 0 Å². The summed E-state index contributed by atoms with van der Waals surface area (Å²) in [5.74, 6) is -1.86. The average molecular weight is 621 g/mol. The van der Waals surface area contributed by atoms with Crippen molar-refractivity contribution in [2.75, 3.05) is 0 Å². The number of carbonyl (C=O) groups is 2. The largest absolute Gasteiger partial charge is 0.458 e. The zero-order valence-electron chi connectivity index (χ0n) is 25.9. The maximum Gasteiger partial charge on any atom is 0.426 e. The molecular weight excluding hydrogens is 580 g/mol. The van der Waals surface area contributed by atoms with Crippen molar-refractivity contribution >= 4 is 11.9 Å². The molecule has 0 radical (unpaired) electrons.